The fourth-order valence-corrected chi connectivity index (χ4v) is 3.65. The van der Waals surface area contributed by atoms with E-state index in [9.17, 15) is 4.79 Å². The molecule has 0 radical (unpaired) electrons. The van der Waals surface area contributed by atoms with Gasteiger partial charge in [0.1, 0.15) is 5.88 Å². The summed E-state index contributed by atoms with van der Waals surface area (Å²) in [7, 11) is 0. The molecule has 1 aromatic rings. The zero-order chi connectivity index (χ0) is 18.4. The van der Waals surface area contributed by atoms with Gasteiger partial charge in [0.2, 0.25) is 5.91 Å². The van der Waals surface area contributed by atoms with Gasteiger partial charge in [-0.15, -0.1) is 11.6 Å². The van der Waals surface area contributed by atoms with Crippen LogP contribution < -0.4 is 4.90 Å². The molecule has 1 aliphatic heterocycles. The molecular weight excluding hydrogens is 338 g/mol. The zero-order valence-electron chi connectivity index (χ0n) is 15.8. The van der Waals surface area contributed by atoms with E-state index in [1.165, 1.54) is 0 Å². The number of ether oxygens (including phenoxy) is 2. The van der Waals surface area contributed by atoms with Crippen molar-refractivity contribution in [1.82, 2.24) is 0 Å². The second kappa shape index (κ2) is 9.56. The molecule has 2 atom stereocenters. The van der Waals surface area contributed by atoms with Crippen molar-refractivity contribution in [3.05, 3.63) is 29.3 Å². The maximum absolute atomic E-state index is 12.6. The molecule has 0 aliphatic carbocycles. The highest BCUT2D eigenvalue weighted by Crippen LogP contribution is 2.30. The maximum Gasteiger partial charge on any atom is 0.242 e. The van der Waals surface area contributed by atoms with Crippen molar-refractivity contribution in [2.24, 2.45) is 0 Å². The van der Waals surface area contributed by atoms with Gasteiger partial charge in [-0.25, -0.2) is 0 Å². The van der Waals surface area contributed by atoms with E-state index in [4.69, 9.17) is 21.1 Å². The predicted octanol–water partition coefficient (Wildman–Crippen LogP) is 4.31. The number of benzene rings is 1. The Morgan fingerprint density at radius 1 is 1.04 bits per heavy atom. The van der Waals surface area contributed by atoms with E-state index >= 15 is 0 Å². The van der Waals surface area contributed by atoms with Gasteiger partial charge < -0.3 is 14.4 Å². The summed E-state index contributed by atoms with van der Waals surface area (Å²) in [6.45, 7) is 8.78. The Kier molecular flexibility index (Phi) is 7.73. The number of para-hydroxylation sites is 1. The standard InChI is InChI=1S/C20H30ClNO3/c1-5-14-10-9-11-15(6-2)20(14)22(18(23)12-21)13-19-24-16(7-3)17(8-4)25-19/h9-11,16-17,19H,5-8,12-13H2,1-4H3. The molecular formula is C20H30ClNO3. The second-order valence-electron chi connectivity index (χ2n) is 6.37. The van der Waals surface area contributed by atoms with Crippen LogP contribution in [0.15, 0.2) is 18.2 Å². The van der Waals surface area contributed by atoms with Gasteiger partial charge >= 0.3 is 0 Å². The molecule has 1 amide bonds. The first-order valence-electron chi connectivity index (χ1n) is 9.37. The molecule has 0 aromatic heterocycles. The number of rotatable bonds is 8. The zero-order valence-corrected chi connectivity index (χ0v) is 16.5. The van der Waals surface area contributed by atoms with Crippen molar-refractivity contribution >= 4 is 23.2 Å². The minimum atomic E-state index is -0.406. The number of aryl methyl sites for hydroxylation is 2. The molecule has 0 saturated carbocycles. The van der Waals surface area contributed by atoms with E-state index < -0.39 is 6.29 Å². The molecule has 25 heavy (non-hydrogen) atoms. The highest BCUT2D eigenvalue weighted by molar-refractivity contribution is 6.29. The molecule has 4 nitrogen and oxygen atoms in total. The fourth-order valence-electron chi connectivity index (χ4n) is 3.50. The summed E-state index contributed by atoms with van der Waals surface area (Å²) in [6.07, 6.45) is 3.31. The Balaban J connectivity index is 2.31. The molecule has 1 saturated heterocycles. The molecule has 1 aromatic carbocycles. The van der Waals surface area contributed by atoms with Crippen LogP contribution in [0.2, 0.25) is 0 Å². The van der Waals surface area contributed by atoms with Crippen LogP contribution in [0.1, 0.15) is 51.7 Å². The number of carbonyl (C=O) groups excluding carboxylic acids is 1. The Hall–Kier alpha value is -1.10. The average Bonchev–Trinajstić information content (AvgIpc) is 3.06. The van der Waals surface area contributed by atoms with E-state index in [-0.39, 0.29) is 24.0 Å². The first-order chi connectivity index (χ1) is 12.1. The number of nitrogens with zero attached hydrogens (tertiary/aromatic N) is 1. The normalized spacial score (nSPS) is 23.0. The molecule has 0 bridgehead atoms. The number of hydrogen-bond donors (Lipinski definition) is 0. The number of anilines is 1. The molecule has 5 heteroatoms. The summed E-state index contributed by atoms with van der Waals surface area (Å²) in [5.41, 5.74) is 3.27. The van der Waals surface area contributed by atoms with E-state index in [1.54, 1.807) is 4.90 Å². The molecule has 2 rings (SSSR count). The van der Waals surface area contributed by atoms with Gasteiger partial charge in [0.15, 0.2) is 6.29 Å². The number of alkyl halides is 1. The van der Waals surface area contributed by atoms with Crippen LogP contribution in [0, 0.1) is 0 Å². The molecule has 0 spiro atoms. The molecule has 2 unspecified atom stereocenters. The number of carbonyl (C=O) groups is 1. The Bertz CT molecular complexity index is 544. The number of halogens is 1. The monoisotopic (exact) mass is 367 g/mol. The van der Waals surface area contributed by atoms with Crippen molar-refractivity contribution in [2.75, 3.05) is 17.3 Å². The van der Waals surface area contributed by atoms with Gasteiger partial charge in [-0.2, -0.15) is 0 Å². The van der Waals surface area contributed by atoms with Crippen molar-refractivity contribution in [3.8, 4) is 0 Å². The van der Waals surface area contributed by atoms with Gasteiger partial charge in [0.05, 0.1) is 24.4 Å². The smallest absolute Gasteiger partial charge is 0.242 e. The van der Waals surface area contributed by atoms with Crippen molar-refractivity contribution in [3.63, 3.8) is 0 Å². The lowest BCUT2D eigenvalue weighted by Gasteiger charge is -2.29. The van der Waals surface area contributed by atoms with Crippen LogP contribution in [0.25, 0.3) is 0 Å². The number of hydrogen-bond acceptors (Lipinski definition) is 3. The summed E-state index contributed by atoms with van der Waals surface area (Å²) in [4.78, 5) is 14.4. The minimum absolute atomic E-state index is 0.0532. The average molecular weight is 368 g/mol. The molecule has 140 valence electrons. The molecule has 1 aliphatic rings. The van der Waals surface area contributed by atoms with Crippen LogP contribution in [-0.2, 0) is 27.1 Å². The van der Waals surface area contributed by atoms with E-state index in [1.807, 2.05) is 6.07 Å². The third kappa shape index (κ3) is 4.55. The topological polar surface area (TPSA) is 38.8 Å². The quantitative estimate of drug-likeness (QED) is 0.642. The van der Waals surface area contributed by atoms with Crippen LogP contribution in [0.3, 0.4) is 0 Å². The lowest BCUT2D eigenvalue weighted by molar-refractivity contribution is -0.118. The van der Waals surface area contributed by atoms with Gasteiger partial charge in [0.25, 0.3) is 0 Å². The Labute approximate surface area is 156 Å². The van der Waals surface area contributed by atoms with E-state index in [2.05, 4.69) is 39.8 Å². The minimum Gasteiger partial charge on any atom is -0.345 e. The summed E-state index contributed by atoms with van der Waals surface area (Å²) >= 11 is 5.91. The predicted molar refractivity (Wildman–Crippen MR) is 102 cm³/mol. The summed E-state index contributed by atoms with van der Waals surface area (Å²) in [5.74, 6) is -0.167. The highest BCUT2D eigenvalue weighted by Gasteiger charge is 2.36. The van der Waals surface area contributed by atoms with Gasteiger partial charge in [-0.1, -0.05) is 45.9 Å². The lowest BCUT2D eigenvalue weighted by Crippen LogP contribution is -2.40. The lowest BCUT2D eigenvalue weighted by atomic mass is 10.0. The van der Waals surface area contributed by atoms with Crippen molar-refractivity contribution in [2.45, 2.75) is 71.9 Å². The first-order valence-corrected chi connectivity index (χ1v) is 9.90. The van der Waals surface area contributed by atoms with Gasteiger partial charge in [-0.3, -0.25) is 4.79 Å². The van der Waals surface area contributed by atoms with Crippen LogP contribution in [0.4, 0.5) is 5.69 Å². The summed E-state index contributed by atoms with van der Waals surface area (Å²) in [5, 5.41) is 0. The van der Waals surface area contributed by atoms with Crippen LogP contribution in [0.5, 0.6) is 0 Å². The maximum atomic E-state index is 12.6. The third-order valence-electron chi connectivity index (χ3n) is 4.85. The van der Waals surface area contributed by atoms with E-state index in [0.29, 0.717) is 6.54 Å². The van der Waals surface area contributed by atoms with Crippen molar-refractivity contribution in [1.29, 1.82) is 0 Å². The largest absolute Gasteiger partial charge is 0.345 e. The van der Waals surface area contributed by atoms with Crippen LogP contribution >= 0.6 is 11.6 Å². The molecule has 0 N–H and O–H groups in total. The summed E-state index contributed by atoms with van der Waals surface area (Å²) in [6, 6.07) is 6.19. The SMILES string of the molecule is CCc1cccc(CC)c1N(CC1OC(CC)C(CC)O1)C(=O)CCl. The Morgan fingerprint density at radius 3 is 1.96 bits per heavy atom. The fraction of sp³-hybridized carbons (Fsp3) is 0.650. The Morgan fingerprint density at radius 2 is 1.56 bits per heavy atom. The third-order valence-corrected chi connectivity index (χ3v) is 5.08. The number of amides is 1. The van der Waals surface area contributed by atoms with Gasteiger partial charge in [-0.05, 0) is 36.8 Å². The molecule has 1 fully saturated rings. The highest BCUT2D eigenvalue weighted by atomic mass is 35.5. The first kappa shape index (κ1) is 20.2. The second-order valence-corrected chi connectivity index (χ2v) is 6.63. The van der Waals surface area contributed by atoms with Crippen LogP contribution in [-0.4, -0.2) is 36.8 Å². The molecule has 1 heterocycles. The van der Waals surface area contributed by atoms with Gasteiger partial charge in [0, 0.05) is 0 Å². The van der Waals surface area contributed by atoms with E-state index in [0.717, 1.165) is 42.5 Å². The summed E-state index contributed by atoms with van der Waals surface area (Å²) < 4.78 is 12.1. The van der Waals surface area contributed by atoms with Crippen molar-refractivity contribution < 1.29 is 14.3 Å².